The number of benzene rings is 1. The third-order valence-electron chi connectivity index (χ3n) is 6.81. The molecule has 0 atom stereocenters. The van der Waals surface area contributed by atoms with Crippen LogP contribution in [0, 0.1) is 11.6 Å². The molecule has 5 rings (SSSR count). The van der Waals surface area contributed by atoms with Crippen LogP contribution in [-0.2, 0) is 28.3 Å². The molecular weight excluding hydrogens is 478 g/mol. The predicted molar refractivity (Wildman–Crippen MR) is 134 cm³/mol. The van der Waals surface area contributed by atoms with E-state index in [0.717, 1.165) is 50.2 Å². The maximum absolute atomic E-state index is 13.9. The van der Waals surface area contributed by atoms with Crippen LogP contribution in [0.5, 0.6) is 0 Å². The lowest BCUT2D eigenvalue weighted by Crippen LogP contribution is -2.42. The Labute approximate surface area is 214 Å². The van der Waals surface area contributed by atoms with Crippen LogP contribution < -0.4 is 0 Å². The number of piperidine rings is 1. The molecule has 2 aromatic heterocycles. The largest absolute Gasteiger partial charge is 0.392 e. The van der Waals surface area contributed by atoms with Gasteiger partial charge >= 0.3 is 0 Å². The number of ether oxygens (including phenoxy) is 1. The second kappa shape index (κ2) is 10.2. The standard InChI is InChI=1S/C28H30F2N4O3/c1-27(2,35)18-37-33-26(20-4-5-23(29)24(30)13-20)25-6-3-19(14-32-25)16-34-11-8-28(9-12-34)22-15-31-10-7-21(22)17-36-28/h3-7,10,13-15,35H,8-9,11-12,16-18H2,1-2H3/b33-26-. The van der Waals surface area contributed by atoms with Gasteiger partial charge < -0.3 is 14.7 Å². The molecule has 0 unspecified atom stereocenters. The fourth-order valence-electron chi connectivity index (χ4n) is 4.80. The fraction of sp³-hybridized carbons (Fsp3) is 0.393. The molecule has 4 heterocycles. The van der Waals surface area contributed by atoms with E-state index in [4.69, 9.17) is 9.57 Å². The number of halogens is 2. The lowest BCUT2D eigenvalue weighted by molar-refractivity contribution is -0.0800. The number of nitrogens with zero attached hydrogens (tertiary/aromatic N) is 4. The van der Waals surface area contributed by atoms with Crippen molar-refractivity contribution in [2.75, 3.05) is 19.7 Å². The van der Waals surface area contributed by atoms with Gasteiger partial charge in [-0.3, -0.25) is 14.9 Å². The number of rotatable bonds is 7. The lowest BCUT2D eigenvalue weighted by atomic mass is 9.84. The van der Waals surface area contributed by atoms with Crippen LogP contribution >= 0.6 is 0 Å². The molecule has 1 N–H and O–H groups in total. The molecule has 0 bridgehead atoms. The molecular formula is C28H30F2N4O3. The van der Waals surface area contributed by atoms with E-state index >= 15 is 0 Å². The van der Waals surface area contributed by atoms with Crippen molar-refractivity contribution >= 4 is 5.71 Å². The Hall–Kier alpha value is -3.27. The minimum absolute atomic E-state index is 0.0705. The molecule has 9 heteroatoms. The number of likely N-dealkylation sites (tertiary alicyclic amines) is 1. The van der Waals surface area contributed by atoms with Gasteiger partial charge in [-0.05, 0) is 68.1 Å². The quantitative estimate of drug-likeness (QED) is 0.378. The summed E-state index contributed by atoms with van der Waals surface area (Å²) in [5.41, 5.74) is 3.16. The summed E-state index contributed by atoms with van der Waals surface area (Å²) in [6, 6.07) is 9.29. The summed E-state index contributed by atoms with van der Waals surface area (Å²) >= 11 is 0. The third kappa shape index (κ3) is 5.69. The van der Waals surface area contributed by atoms with E-state index < -0.39 is 17.2 Å². The molecule has 0 amide bonds. The van der Waals surface area contributed by atoms with Crippen molar-refractivity contribution in [3.8, 4) is 0 Å². The number of aromatic nitrogens is 2. The lowest BCUT2D eigenvalue weighted by Gasteiger charge is -2.39. The Morgan fingerprint density at radius 2 is 1.95 bits per heavy atom. The van der Waals surface area contributed by atoms with Gasteiger partial charge in [0.25, 0.3) is 0 Å². The monoisotopic (exact) mass is 508 g/mol. The molecule has 1 spiro atoms. The second-order valence-electron chi connectivity index (χ2n) is 10.3. The number of hydrogen-bond acceptors (Lipinski definition) is 7. The Morgan fingerprint density at radius 3 is 2.65 bits per heavy atom. The average molecular weight is 509 g/mol. The van der Waals surface area contributed by atoms with E-state index in [2.05, 4.69) is 20.0 Å². The first-order chi connectivity index (χ1) is 17.7. The van der Waals surface area contributed by atoms with Crippen molar-refractivity contribution < 1.29 is 23.5 Å². The number of hydrogen-bond donors (Lipinski definition) is 1. The first-order valence-corrected chi connectivity index (χ1v) is 12.4. The van der Waals surface area contributed by atoms with Crippen LogP contribution in [0.1, 0.15) is 54.6 Å². The summed E-state index contributed by atoms with van der Waals surface area (Å²) in [5.74, 6) is -1.94. The van der Waals surface area contributed by atoms with Crippen molar-refractivity contribution in [2.24, 2.45) is 5.16 Å². The van der Waals surface area contributed by atoms with Crippen LogP contribution in [0.25, 0.3) is 0 Å². The highest BCUT2D eigenvalue weighted by Crippen LogP contribution is 2.43. The van der Waals surface area contributed by atoms with E-state index in [1.165, 1.54) is 17.2 Å². The second-order valence-corrected chi connectivity index (χ2v) is 10.3. The van der Waals surface area contributed by atoms with E-state index in [9.17, 15) is 13.9 Å². The third-order valence-corrected chi connectivity index (χ3v) is 6.81. The first-order valence-electron chi connectivity index (χ1n) is 12.4. The van der Waals surface area contributed by atoms with Gasteiger partial charge in [0.1, 0.15) is 12.3 Å². The van der Waals surface area contributed by atoms with Crippen LogP contribution in [0.4, 0.5) is 8.78 Å². The Balaban J connectivity index is 1.28. The summed E-state index contributed by atoms with van der Waals surface area (Å²) in [6.07, 6.45) is 7.33. The zero-order valence-corrected chi connectivity index (χ0v) is 21.0. The Kier molecular flexibility index (Phi) is 7.02. The molecule has 1 saturated heterocycles. The van der Waals surface area contributed by atoms with Crippen LogP contribution in [-0.4, -0.2) is 51.0 Å². The van der Waals surface area contributed by atoms with E-state index in [1.54, 1.807) is 26.1 Å². The normalized spacial score (nSPS) is 17.7. The summed E-state index contributed by atoms with van der Waals surface area (Å²) in [4.78, 5) is 16.5. The minimum atomic E-state index is -1.10. The summed E-state index contributed by atoms with van der Waals surface area (Å²) in [6.45, 7) is 6.26. The smallest absolute Gasteiger partial charge is 0.159 e. The van der Waals surface area contributed by atoms with E-state index in [-0.39, 0.29) is 17.9 Å². The Bertz CT molecular complexity index is 1280. The first kappa shape index (κ1) is 25.4. The van der Waals surface area contributed by atoms with Gasteiger partial charge in [-0.25, -0.2) is 8.78 Å². The highest BCUT2D eigenvalue weighted by Gasteiger charge is 2.42. The van der Waals surface area contributed by atoms with Crippen molar-refractivity contribution in [3.05, 3.63) is 94.6 Å². The van der Waals surface area contributed by atoms with Gasteiger partial charge in [0, 0.05) is 49.4 Å². The maximum atomic E-state index is 13.9. The molecule has 1 fully saturated rings. The van der Waals surface area contributed by atoms with E-state index in [0.29, 0.717) is 17.9 Å². The van der Waals surface area contributed by atoms with Gasteiger partial charge in [0.15, 0.2) is 11.6 Å². The molecule has 0 radical (unpaired) electrons. The van der Waals surface area contributed by atoms with Crippen molar-refractivity contribution in [1.29, 1.82) is 0 Å². The highest BCUT2D eigenvalue weighted by atomic mass is 19.2. The van der Waals surface area contributed by atoms with Crippen molar-refractivity contribution in [3.63, 3.8) is 0 Å². The zero-order valence-electron chi connectivity index (χ0n) is 21.0. The fourth-order valence-corrected chi connectivity index (χ4v) is 4.80. The average Bonchev–Trinajstić information content (AvgIpc) is 3.23. The molecule has 194 valence electrons. The molecule has 0 aliphatic carbocycles. The SMILES string of the molecule is CC(C)(O)CO/N=C(/c1ccc(F)c(F)c1)c1ccc(CN2CCC3(CC2)OCc2ccncc23)cn1. The van der Waals surface area contributed by atoms with E-state index in [1.807, 2.05) is 24.5 Å². The number of pyridine rings is 2. The minimum Gasteiger partial charge on any atom is -0.392 e. The number of aliphatic hydroxyl groups is 1. The van der Waals surface area contributed by atoms with Crippen LogP contribution in [0.15, 0.2) is 60.1 Å². The molecule has 2 aliphatic heterocycles. The van der Waals surface area contributed by atoms with Gasteiger partial charge in [-0.2, -0.15) is 0 Å². The van der Waals surface area contributed by atoms with Crippen molar-refractivity contribution in [2.45, 2.75) is 51.0 Å². The highest BCUT2D eigenvalue weighted by molar-refractivity contribution is 6.11. The van der Waals surface area contributed by atoms with Crippen LogP contribution in [0.3, 0.4) is 0 Å². The Morgan fingerprint density at radius 1 is 1.14 bits per heavy atom. The molecule has 7 nitrogen and oxygen atoms in total. The summed E-state index contributed by atoms with van der Waals surface area (Å²) < 4.78 is 33.7. The molecule has 2 aliphatic rings. The molecule has 3 aromatic rings. The maximum Gasteiger partial charge on any atom is 0.159 e. The van der Waals surface area contributed by atoms with Crippen molar-refractivity contribution in [1.82, 2.24) is 14.9 Å². The molecule has 0 saturated carbocycles. The van der Waals surface area contributed by atoms with Gasteiger partial charge in [-0.1, -0.05) is 11.2 Å². The van der Waals surface area contributed by atoms with Crippen LogP contribution in [0.2, 0.25) is 0 Å². The molecule has 37 heavy (non-hydrogen) atoms. The van der Waals surface area contributed by atoms with Gasteiger partial charge in [0.2, 0.25) is 0 Å². The summed E-state index contributed by atoms with van der Waals surface area (Å²) in [7, 11) is 0. The summed E-state index contributed by atoms with van der Waals surface area (Å²) in [5, 5.41) is 14.0. The topological polar surface area (TPSA) is 80.1 Å². The number of fused-ring (bicyclic) bond motifs is 2. The number of oxime groups is 1. The van der Waals surface area contributed by atoms with Gasteiger partial charge in [0.05, 0.1) is 23.5 Å². The van der Waals surface area contributed by atoms with Gasteiger partial charge in [-0.15, -0.1) is 0 Å². The zero-order chi connectivity index (χ0) is 26.0. The predicted octanol–water partition coefficient (Wildman–Crippen LogP) is 4.32. The molecule has 1 aromatic carbocycles.